The van der Waals surface area contributed by atoms with Gasteiger partial charge < -0.3 is 0 Å². The minimum absolute atomic E-state index is 0.0413. The maximum absolute atomic E-state index is 13.2. The molecule has 1 nitrogen and oxygen atoms in total. The van der Waals surface area contributed by atoms with Crippen molar-refractivity contribution in [1.29, 1.82) is 0 Å². The van der Waals surface area contributed by atoms with Crippen LogP contribution in [0, 0.1) is 18.7 Å². The van der Waals surface area contributed by atoms with Gasteiger partial charge in [-0.25, -0.2) is 4.39 Å². The number of carbonyl (C=O) groups is 1. The molecule has 0 aliphatic rings. The number of hydrogen-bond acceptors (Lipinski definition) is 1. The SMILES string of the molecule is Cc1ccc(C(=O)CCCC(C)C)cc1F. The monoisotopic (exact) mass is 222 g/mol. The van der Waals surface area contributed by atoms with Gasteiger partial charge in [0.25, 0.3) is 0 Å². The fraction of sp³-hybridized carbons (Fsp3) is 0.500. The van der Waals surface area contributed by atoms with Gasteiger partial charge in [0.15, 0.2) is 5.78 Å². The average Bonchev–Trinajstić information content (AvgIpc) is 2.21. The van der Waals surface area contributed by atoms with E-state index < -0.39 is 0 Å². The van der Waals surface area contributed by atoms with E-state index in [-0.39, 0.29) is 11.6 Å². The van der Waals surface area contributed by atoms with Crippen LogP contribution in [0.25, 0.3) is 0 Å². The number of halogens is 1. The van der Waals surface area contributed by atoms with E-state index in [1.807, 2.05) is 0 Å². The molecule has 0 unspecified atom stereocenters. The second kappa shape index (κ2) is 5.78. The minimum atomic E-state index is -0.297. The summed E-state index contributed by atoms with van der Waals surface area (Å²) in [5.74, 6) is 0.358. The fourth-order valence-corrected chi connectivity index (χ4v) is 1.58. The molecule has 0 amide bonds. The normalized spacial score (nSPS) is 10.8. The zero-order valence-corrected chi connectivity index (χ0v) is 10.2. The lowest BCUT2D eigenvalue weighted by Crippen LogP contribution is -2.01. The first-order valence-corrected chi connectivity index (χ1v) is 5.80. The van der Waals surface area contributed by atoms with Gasteiger partial charge in [0.1, 0.15) is 5.82 Å². The van der Waals surface area contributed by atoms with E-state index in [4.69, 9.17) is 0 Å². The maximum Gasteiger partial charge on any atom is 0.162 e. The van der Waals surface area contributed by atoms with Gasteiger partial charge in [0.2, 0.25) is 0 Å². The molecule has 0 fully saturated rings. The molecule has 2 heteroatoms. The van der Waals surface area contributed by atoms with E-state index in [2.05, 4.69) is 13.8 Å². The summed E-state index contributed by atoms with van der Waals surface area (Å²) in [6, 6.07) is 4.70. The standard InChI is InChI=1S/C14H19FO/c1-10(2)5-4-6-14(16)12-8-7-11(3)13(15)9-12/h7-10H,4-6H2,1-3H3. The van der Waals surface area contributed by atoms with Crippen molar-refractivity contribution in [2.75, 3.05) is 0 Å². The molecule has 1 aromatic rings. The van der Waals surface area contributed by atoms with Gasteiger partial charge in [-0.1, -0.05) is 32.4 Å². The summed E-state index contributed by atoms with van der Waals surface area (Å²) in [4.78, 5) is 11.7. The molecule has 0 atom stereocenters. The molecule has 0 aliphatic heterocycles. The van der Waals surface area contributed by atoms with Gasteiger partial charge in [0.05, 0.1) is 0 Å². The Morgan fingerprint density at radius 2 is 2.06 bits per heavy atom. The molecule has 0 heterocycles. The summed E-state index contributed by atoms with van der Waals surface area (Å²) in [5.41, 5.74) is 1.07. The highest BCUT2D eigenvalue weighted by Gasteiger charge is 2.08. The molecule has 1 aromatic carbocycles. The summed E-state index contributed by atoms with van der Waals surface area (Å²) in [6.45, 7) is 5.97. The number of aryl methyl sites for hydroxylation is 1. The smallest absolute Gasteiger partial charge is 0.162 e. The largest absolute Gasteiger partial charge is 0.294 e. The van der Waals surface area contributed by atoms with Gasteiger partial charge in [-0.15, -0.1) is 0 Å². The quantitative estimate of drug-likeness (QED) is 0.684. The van der Waals surface area contributed by atoms with Crippen molar-refractivity contribution >= 4 is 5.78 Å². The first-order valence-electron chi connectivity index (χ1n) is 5.80. The molecule has 0 aliphatic carbocycles. The summed E-state index contributed by atoms with van der Waals surface area (Å²) < 4.78 is 13.2. The van der Waals surface area contributed by atoms with Crippen molar-refractivity contribution < 1.29 is 9.18 Å². The molecule has 0 saturated heterocycles. The van der Waals surface area contributed by atoms with Crippen LogP contribution in [0.5, 0.6) is 0 Å². The zero-order chi connectivity index (χ0) is 12.1. The van der Waals surface area contributed by atoms with Crippen molar-refractivity contribution in [2.45, 2.75) is 40.0 Å². The molecule has 0 radical (unpaired) electrons. The van der Waals surface area contributed by atoms with Gasteiger partial charge in [-0.05, 0) is 30.9 Å². The second-order valence-corrected chi connectivity index (χ2v) is 4.67. The van der Waals surface area contributed by atoms with E-state index >= 15 is 0 Å². The topological polar surface area (TPSA) is 17.1 Å². The maximum atomic E-state index is 13.2. The molecule has 0 spiro atoms. The number of rotatable bonds is 5. The molecule has 16 heavy (non-hydrogen) atoms. The Morgan fingerprint density at radius 1 is 1.38 bits per heavy atom. The first kappa shape index (κ1) is 12.9. The molecule has 0 saturated carbocycles. The van der Waals surface area contributed by atoms with Crippen molar-refractivity contribution in [3.05, 3.63) is 35.1 Å². The highest BCUT2D eigenvalue weighted by molar-refractivity contribution is 5.96. The Bertz CT molecular complexity index is 369. The van der Waals surface area contributed by atoms with Gasteiger partial charge >= 0.3 is 0 Å². The van der Waals surface area contributed by atoms with E-state index in [0.717, 1.165) is 12.8 Å². The Labute approximate surface area is 96.7 Å². The van der Waals surface area contributed by atoms with E-state index in [0.29, 0.717) is 23.5 Å². The van der Waals surface area contributed by atoms with Crippen molar-refractivity contribution in [2.24, 2.45) is 5.92 Å². The fourth-order valence-electron chi connectivity index (χ4n) is 1.58. The lowest BCUT2D eigenvalue weighted by atomic mass is 10.0. The van der Waals surface area contributed by atoms with Crippen molar-refractivity contribution in [1.82, 2.24) is 0 Å². The Balaban J connectivity index is 2.56. The number of benzene rings is 1. The van der Waals surface area contributed by atoms with Crippen LogP contribution in [0.4, 0.5) is 4.39 Å². The molecular weight excluding hydrogens is 203 g/mol. The lowest BCUT2D eigenvalue weighted by molar-refractivity contribution is 0.0978. The van der Waals surface area contributed by atoms with Crippen molar-refractivity contribution in [3.63, 3.8) is 0 Å². The third-order valence-corrected chi connectivity index (χ3v) is 2.68. The number of carbonyl (C=O) groups excluding carboxylic acids is 1. The molecule has 0 bridgehead atoms. The van der Waals surface area contributed by atoms with E-state index in [1.54, 1.807) is 19.1 Å². The number of ketones is 1. The van der Waals surface area contributed by atoms with Gasteiger partial charge in [0, 0.05) is 12.0 Å². The Morgan fingerprint density at radius 3 is 2.62 bits per heavy atom. The van der Waals surface area contributed by atoms with Gasteiger partial charge in [-0.3, -0.25) is 4.79 Å². The Kier molecular flexibility index (Phi) is 4.66. The third kappa shape index (κ3) is 3.76. The van der Waals surface area contributed by atoms with Gasteiger partial charge in [-0.2, -0.15) is 0 Å². The van der Waals surface area contributed by atoms with Crippen LogP contribution < -0.4 is 0 Å². The molecule has 0 N–H and O–H groups in total. The molecular formula is C14H19FO. The minimum Gasteiger partial charge on any atom is -0.294 e. The van der Waals surface area contributed by atoms with Crippen LogP contribution in [-0.2, 0) is 0 Å². The average molecular weight is 222 g/mol. The summed E-state index contributed by atoms with van der Waals surface area (Å²) in [6.07, 6.45) is 2.44. The first-order chi connectivity index (χ1) is 7.50. The molecule has 0 aromatic heterocycles. The van der Waals surface area contributed by atoms with Crippen LogP contribution in [0.1, 0.15) is 49.0 Å². The third-order valence-electron chi connectivity index (χ3n) is 2.68. The second-order valence-electron chi connectivity index (χ2n) is 4.67. The summed E-state index contributed by atoms with van der Waals surface area (Å²) >= 11 is 0. The number of hydrogen-bond donors (Lipinski definition) is 0. The summed E-state index contributed by atoms with van der Waals surface area (Å²) in [5, 5.41) is 0. The lowest BCUT2D eigenvalue weighted by Gasteiger charge is -2.05. The predicted molar refractivity (Wildman–Crippen MR) is 64.2 cm³/mol. The highest BCUT2D eigenvalue weighted by Crippen LogP contribution is 2.14. The van der Waals surface area contributed by atoms with Crippen LogP contribution in [0.3, 0.4) is 0 Å². The summed E-state index contributed by atoms with van der Waals surface area (Å²) in [7, 11) is 0. The Hall–Kier alpha value is -1.18. The number of Topliss-reactive ketones (excluding diaryl/α,β-unsaturated/α-hetero) is 1. The van der Waals surface area contributed by atoms with Crippen LogP contribution in [0.15, 0.2) is 18.2 Å². The zero-order valence-electron chi connectivity index (χ0n) is 10.2. The van der Waals surface area contributed by atoms with E-state index in [9.17, 15) is 9.18 Å². The molecule has 1 rings (SSSR count). The molecule has 88 valence electrons. The van der Waals surface area contributed by atoms with Crippen LogP contribution in [0.2, 0.25) is 0 Å². The van der Waals surface area contributed by atoms with Crippen molar-refractivity contribution in [3.8, 4) is 0 Å². The van der Waals surface area contributed by atoms with Crippen LogP contribution >= 0.6 is 0 Å². The van der Waals surface area contributed by atoms with E-state index in [1.165, 1.54) is 6.07 Å². The van der Waals surface area contributed by atoms with Crippen LogP contribution in [-0.4, -0.2) is 5.78 Å². The predicted octanol–water partition coefficient (Wildman–Crippen LogP) is 4.14. The highest BCUT2D eigenvalue weighted by atomic mass is 19.1.